The van der Waals surface area contributed by atoms with Crippen LogP contribution in [0.4, 0.5) is 10.1 Å². The highest BCUT2D eigenvalue weighted by Crippen LogP contribution is 2.44. The first-order valence-electron chi connectivity index (χ1n) is 5.54. The van der Waals surface area contributed by atoms with E-state index < -0.39 is 20.7 Å². The number of benzene rings is 1. The Balaban J connectivity index is 2.15. The maximum atomic E-state index is 13.5. The molecule has 0 saturated heterocycles. The fraction of sp³-hybridized carbons (Fsp3) is 0.455. The lowest BCUT2D eigenvalue weighted by atomic mass is 10.1. The second-order valence-electron chi connectivity index (χ2n) is 4.67. The van der Waals surface area contributed by atoms with Gasteiger partial charge < -0.3 is 10.8 Å². The predicted octanol–water partition coefficient (Wildman–Crippen LogP) is 0.459. The number of nitrogens with two attached hydrogens (primary N) is 1. The maximum Gasteiger partial charge on any atom is 0.243 e. The third-order valence-electron chi connectivity index (χ3n) is 3.18. The summed E-state index contributed by atoms with van der Waals surface area (Å²) >= 11 is 0. The first-order valence-corrected chi connectivity index (χ1v) is 7.02. The van der Waals surface area contributed by atoms with Gasteiger partial charge in [-0.15, -0.1) is 0 Å². The molecule has 4 N–H and O–H groups in total. The van der Waals surface area contributed by atoms with Crippen LogP contribution in [-0.2, 0) is 10.0 Å². The van der Waals surface area contributed by atoms with E-state index in [1.165, 1.54) is 6.07 Å². The van der Waals surface area contributed by atoms with Gasteiger partial charge in [0.25, 0.3) is 0 Å². The first-order chi connectivity index (χ1) is 8.38. The van der Waals surface area contributed by atoms with Gasteiger partial charge in [-0.05, 0) is 31.0 Å². The fourth-order valence-electron chi connectivity index (χ4n) is 1.63. The minimum atomic E-state index is -3.90. The van der Waals surface area contributed by atoms with E-state index in [1.54, 1.807) is 0 Å². The number of halogens is 1. The number of aliphatic hydroxyl groups is 1. The molecule has 0 aliphatic heterocycles. The maximum absolute atomic E-state index is 13.5. The lowest BCUT2D eigenvalue weighted by Gasteiger charge is -2.13. The SMILES string of the molecule is Nc1ccc(S(=O)(=O)NCC2(CO)CC2)c(F)c1. The van der Waals surface area contributed by atoms with Gasteiger partial charge in [0.15, 0.2) is 0 Å². The molecule has 1 saturated carbocycles. The number of aliphatic hydroxyl groups excluding tert-OH is 1. The molecule has 1 fully saturated rings. The molecule has 2 rings (SSSR count). The first kappa shape index (κ1) is 13.3. The van der Waals surface area contributed by atoms with Crippen LogP contribution >= 0.6 is 0 Å². The number of sulfonamides is 1. The zero-order chi connectivity index (χ0) is 13.4. The molecule has 0 aromatic heterocycles. The summed E-state index contributed by atoms with van der Waals surface area (Å²) < 4.78 is 39.6. The van der Waals surface area contributed by atoms with Crippen LogP contribution < -0.4 is 10.5 Å². The molecule has 0 amide bonds. The van der Waals surface area contributed by atoms with E-state index in [0.717, 1.165) is 25.0 Å². The smallest absolute Gasteiger partial charge is 0.243 e. The summed E-state index contributed by atoms with van der Waals surface area (Å²) in [5, 5.41) is 9.09. The highest BCUT2D eigenvalue weighted by Gasteiger charge is 2.42. The number of rotatable bonds is 5. The van der Waals surface area contributed by atoms with Crippen molar-refractivity contribution in [2.24, 2.45) is 5.41 Å². The van der Waals surface area contributed by atoms with Crippen LogP contribution in [-0.4, -0.2) is 26.7 Å². The molecule has 0 heterocycles. The van der Waals surface area contributed by atoms with E-state index in [-0.39, 0.29) is 24.3 Å². The zero-order valence-electron chi connectivity index (χ0n) is 9.69. The van der Waals surface area contributed by atoms with Crippen molar-refractivity contribution in [2.75, 3.05) is 18.9 Å². The van der Waals surface area contributed by atoms with E-state index in [1.807, 2.05) is 0 Å². The van der Waals surface area contributed by atoms with Crippen molar-refractivity contribution in [3.05, 3.63) is 24.0 Å². The van der Waals surface area contributed by atoms with Crippen LogP contribution in [0.3, 0.4) is 0 Å². The second-order valence-corrected chi connectivity index (χ2v) is 6.41. The third-order valence-corrected chi connectivity index (χ3v) is 4.61. The highest BCUT2D eigenvalue weighted by atomic mass is 32.2. The zero-order valence-corrected chi connectivity index (χ0v) is 10.5. The number of hydrogen-bond acceptors (Lipinski definition) is 4. The molecule has 0 bridgehead atoms. The molecule has 0 atom stereocenters. The number of hydrogen-bond donors (Lipinski definition) is 3. The van der Waals surface area contributed by atoms with Crippen molar-refractivity contribution in [1.82, 2.24) is 4.72 Å². The third kappa shape index (κ3) is 2.63. The Morgan fingerprint density at radius 1 is 1.44 bits per heavy atom. The van der Waals surface area contributed by atoms with Crippen LogP contribution in [0.15, 0.2) is 23.1 Å². The summed E-state index contributed by atoms with van der Waals surface area (Å²) in [6.45, 7) is 0.0510. The minimum absolute atomic E-state index is 0.0697. The van der Waals surface area contributed by atoms with Crippen molar-refractivity contribution < 1.29 is 17.9 Å². The van der Waals surface area contributed by atoms with Crippen LogP contribution in [0.25, 0.3) is 0 Å². The summed E-state index contributed by atoms with van der Waals surface area (Å²) in [7, 11) is -3.90. The topological polar surface area (TPSA) is 92.4 Å². The number of nitrogen functional groups attached to an aromatic ring is 1. The normalized spacial score (nSPS) is 17.7. The molecular weight excluding hydrogens is 259 g/mol. The van der Waals surface area contributed by atoms with Crippen LogP contribution in [0, 0.1) is 11.2 Å². The van der Waals surface area contributed by atoms with Crippen molar-refractivity contribution >= 4 is 15.7 Å². The summed E-state index contributed by atoms with van der Waals surface area (Å²) in [6.07, 6.45) is 1.55. The monoisotopic (exact) mass is 274 g/mol. The van der Waals surface area contributed by atoms with E-state index >= 15 is 0 Å². The summed E-state index contributed by atoms with van der Waals surface area (Å²) in [4.78, 5) is -0.426. The minimum Gasteiger partial charge on any atom is -0.399 e. The Hall–Kier alpha value is -1.18. The Kier molecular flexibility index (Phi) is 3.31. The van der Waals surface area contributed by atoms with Crippen LogP contribution in [0.5, 0.6) is 0 Å². The molecule has 100 valence electrons. The molecule has 5 nitrogen and oxygen atoms in total. The van der Waals surface area contributed by atoms with Gasteiger partial charge in [0.05, 0.1) is 0 Å². The van der Waals surface area contributed by atoms with E-state index in [2.05, 4.69) is 4.72 Å². The highest BCUT2D eigenvalue weighted by molar-refractivity contribution is 7.89. The molecular formula is C11H15FN2O3S. The largest absolute Gasteiger partial charge is 0.399 e. The van der Waals surface area contributed by atoms with E-state index in [4.69, 9.17) is 10.8 Å². The Morgan fingerprint density at radius 3 is 2.61 bits per heavy atom. The second kappa shape index (κ2) is 4.49. The van der Waals surface area contributed by atoms with Crippen molar-refractivity contribution in [3.8, 4) is 0 Å². The fourth-order valence-corrected chi connectivity index (χ4v) is 2.84. The lowest BCUT2D eigenvalue weighted by Crippen LogP contribution is -2.32. The molecule has 7 heteroatoms. The van der Waals surface area contributed by atoms with Gasteiger partial charge in [-0.25, -0.2) is 17.5 Å². The molecule has 1 aliphatic carbocycles. The van der Waals surface area contributed by atoms with E-state index in [9.17, 15) is 12.8 Å². The van der Waals surface area contributed by atoms with Crippen LogP contribution in [0.1, 0.15) is 12.8 Å². The van der Waals surface area contributed by atoms with Crippen molar-refractivity contribution in [1.29, 1.82) is 0 Å². The Morgan fingerprint density at radius 2 is 2.11 bits per heavy atom. The summed E-state index contributed by atoms with van der Waals surface area (Å²) in [5.41, 5.74) is 5.16. The van der Waals surface area contributed by atoms with Gasteiger partial charge in [0, 0.05) is 24.3 Å². The molecule has 0 unspecified atom stereocenters. The molecule has 0 spiro atoms. The lowest BCUT2D eigenvalue weighted by molar-refractivity contribution is 0.213. The van der Waals surface area contributed by atoms with Gasteiger partial charge in [-0.2, -0.15) is 0 Å². The average Bonchev–Trinajstić information content (AvgIpc) is 3.07. The molecule has 1 aliphatic rings. The standard InChI is InChI=1S/C11H15FN2O3S/c12-9-5-8(13)1-2-10(9)18(16,17)14-6-11(7-15)3-4-11/h1-2,5,14-15H,3-4,6-7,13H2. The van der Waals surface area contributed by atoms with Gasteiger partial charge in [0.2, 0.25) is 10.0 Å². The van der Waals surface area contributed by atoms with Crippen molar-refractivity contribution in [3.63, 3.8) is 0 Å². The molecule has 1 aromatic carbocycles. The molecule has 18 heavy (non-hydrogen) atoms. The van der Waals surface area contributed by atoms with E-state index in [0.29, 0.717) is 0 Å². The Labute approximate surface area is 105 Å². The molecule has 1 aromatic rings. The van der Waals surface area contributed by atoms with Crippen LogP contribution in [0.2, 0.25) is 0 Å². The predicted molar refractivity (Wildman–Crippen MR) is 64.8 cm³/mol. The average molecular weight is 274 g/mol. The summed E-state index contributed by atoms with van der Waals surface area (Å²) in [6, 6.07) is 3.43. The van der Waals surface area contributed by atoms with Gasteiger partial charge in [-0.1, -0.05) is 0 Å². The Bertz CT molecular complexity index is 555. The van der Waals surface area contributed by atoms with Gasteiger partial charge in [-0.3, -0.25) is 0 Å². The van der Waals surface area contributed by atoms with Gasteiger partial charge >= 0.3 is 0 Å². The number of anilines is 1. The molecule has 0 radical (unpaired) electrons. The van der Waals surface area contributed by atoms with Gasteiger partial charge in [0.1, 0.15) is 10.7 Å². The summed E-state index contributed by atoms with van der Waals surface area (Å²) in [5.74, 6) is -0.878. The number of nitrogens with one attached hydrogen (secondary N) is 1. The quantitative estimate of drug-likeness (QED) is 0.680. The van der Waals surface area contributed by atoms with Crippen molar-refractivity contribution in [2.45, 2.75) is 17.7 Å².